The van der Waals surface area contributed by atoms with E-state index < -0.39 is 0 Å². The molecule has 30 heavy (non-hydrogen) atoms. The summed E-state index contributed by atoms with van der Waals surface area (Å²) in [5.74, 6) is 0.631. The molecule has 0 fully saturated rings. The highest BCUT2D eigenvalue weighted by molar-refractivity contribution is 6.33. The molecule has 4 aromatic rings. The van der Waals surface area contributed by atoms with E-state index in [2.05, 4.69) is 32.4 Å². The van der Waals surface area contributed by atoms with Gasteiger partial charge in [0, 0.05) is 22.2 Å². The number of nitriles is 2. The summed E-state index contributed by atoms with van der Waals surface area (Å²) in [5.41, 5.74) is 3.28. The van der Waals surface area contributed by atoms with Crippen molar-refractivity contribution in [1.82, 2.24) is 15.0 Å². The third-order valence-corrected chi connectivity index (χ3v) is 4.64. The van der Waals surface area contributed by atoms with Gasteiger partial charge in [-0.3, -0.25) is 0 Å². The summed E-state index contributed by atoms with van der Waals surface area (Å²) in [6.45, 7) is 1.81. The maximum atomic E-state index is 8.95. The molecule has 0 radical (unpaired) electrons. The molecule has 2 heterocycles. The Labute approximate surface area is 176 Å². The molecular formula is C21H13ClN6O2. The Morgan fingerprint density at radius 2 is 2.00 bits per heavy atom. The Morgan fingerprint density at radius 3 is 2.73 bits per heavy atom. The molecule has 4 rings (SSSR count). The Hall–Kier alpha value is -4.14. The number of anilines is 2. The highest BCUT2D eigenvalue weighted by Gasteiger charge is 2.18. The quantitative estimate of drug-likeness (QED) is 0.479. The van der Waals surface area contributed by atoms with Gasteiger partial charge in [0.1, 0.15) is 11.9 Å². The Bertz CT molecular complexity index is 1320. The van der Waals surface area contributed by atoms with Gasteiger partial charge in [0.15, 0.2) is 5.75 Å². The molecule has 146 valence electrons. The van der Waals surface area contributed by atoms with E-state index in [0.29, 0.717) is 33.2 Å². The largest absolute Gasteiger partial charge is 0.464 e. The molecule has 2 aromatic heterocycles. The number of benzene rings is 2. The van der Waals surface area contributed by atoms with Gasteiger partial charge in [0.25, 0.3) is 0 Å². The number of aromatic nitrogens is 3. The molecule has 0 spiro atoms. The first-order chi connectivity index (χ1) is 14.6. The van der Waals surface area contributed by atoms with Crippen LogP contribution in [-0.4, -0.2) is 15.0 Å². The maximum absolute atomic E-state index is 8.95. The van der Waals surface area contributed by atoms with Gasteiger partial charge in [0.05, 0.1) is 35.4 Å². The van der Waals surface area contributed by atoms with Gasteiger partial charge >= 0.3 is 6.01 Å². The molecule has 9 heteroatoms. The van der Waals surface area contributed by atoms with Crippen LogP contribution in [0.4, 0.5) is 11.6 Å². The van der Waals surface area contributed by atoms with E-state index in [1.807, 2.05) is 0 Å². The first kappa shape index (κ1) is 19.2. The van der Waals surface area contributed by atoms with Gasteiger partial charge in [-0.2, -0.15) is 20.5 Å². The van der Waals surface area contributed by atoms with Crippen molar-refractivity contribution in [2.75, 3.05) is 5.32 Å². The fourth-order valence-corrected chi connectivity index (χ4v) is 3.20. The Morgan fingerprint density at radius 1 is 1.20 bits per heavy atom. The number of furan rings is 1. The minimum atomic E-state index is 0.0503. The van der Waals surface area contributed by atoms with Crippen molar-refractivity contribution in [3.8, 4) is 23.9 Å². The first-order valence-corrected chi connectivity index (χ1v) is 9.17. The third kappa shape index (κ3) is 3.72. The van der Waals surface area contributed by atoms with Crippen LogP contribution in [0.2, 0.25) is 5.02 Å². The van der Waals surface area contributed by atoms with Gasteiger partial charge in [-0.1, -0.05) is 11.6 Å². The van der Waals surface area contributed by atoms with Crippen LogP contribution in [-0.2, 0) is 6.42 Å². The molecular weight excluding hydrogens is 404 g/mol. The van der Waals surface area contributed by atoms with E-state index in [4.69, 9.17) is 31.3 Å². The highest BCUT2D eigenvalue weighted by Crippen LogP contribution is 2.39. The second-order valence-electron chi connectivity index (χ2n) is 6.29. The van der Waals surface area contributed by atoms with Crippen LogP contribution >= 0.6 is 11.6 Å². The van der Waals surface area contributed by atoms with Crippen LogP contribution in [0.3, 0.4) is 0 Å². The summed E-state index contributed by atoms with van der Waals surface area (Å²) in [6.07, 6.45) is 3.08. The van der Waals surface area contributed by atoms with Gasteiger partial charge in [-0.05, 0) is 37.3 Å². The van der Waals surface area contributed by atoms with Gasteiger partial charge in [-0.15, -0.1) is 0 Å². The topological polar surface area (TPSA) is 121 Å². The summed E-state index contributed by atoms with van der Waals surface area (Å²) >= 11 is 6.42. The second-order valence-corrected chi connectivity index (χ2v) is 6.70. The number of hydrogen-bond donors (Lipinski definition) is 1. The number of halogens is 1. The zero-order valence-corrected chi connectivity index (χ0v) is 16.4. The number of rotatable bonds is 5. The van der Waals surface area contributed by atoms with Crippen LogP contribution in [0.25, 0.3) is 11.0 Å². The van der Waals surface area contributed by atoms with Crippen molar-refractivity contribution in [2.45, 2.75) is 13.3 Å². The van der Waals surface area contributed by atoms with Crippen molar-refractivity contribution in [3.05, 3.63) is 64.6 Å². The highest BCUT2D eigenvalue weighted by atomic mass is 35.5. The molecule has 0 aliphatic heterocycles. The normalized spacial score (nSPS) is 10.4. The fraction of sp³-hybridized carbons (Fsp3) is 0.0952. The van der Waals surface area contributed by atoms with Crippen LogP contribution in [0.15, 0.2) is 47.3 Å². The van der Waals surface area contributed by atoms with Crippen molar-refractivity contribution in [2.24, 2.45) is 0 Å². The number of hydrogen-bond acceptors (Lipinski definition) is 8. The Kier molecular flexibility index (Phi) is 5.17. The fourth-order valence-electron chi connectivity index (χ4n) is 2.91. The van der Waals surface area contributed by atoms with Crippen LogP contribution in [0.5, 0.6) is 11.8 Å². The van der Waals surface area contributed by atoms with Crippen molar-refractivity contribution >= 4 is 34.2 Å². The van der Waals surface area contributed by atoms with E-state index in [1.54, 1.807) is 43.5 Å². The van der Waals surface area contributed by atoms with Crippen LogP contribution in [0.1, 0.15) is 16.7 Å². The molecule has 0 saturated heterocycles. The van der Waals surface area contributed by atoms with Gasteiger partial charge in [-0.25, -0.2) is 4.98 Å². The molecule has 0 aliphatic rings. The van der Waals surface area contributed by atoms with Gasteiger partial charge < -0.3 is 14.5 Å². The van der Waals surface area contributed by atoms with E-state index in [-0.39, 0.29) is 18.4 Å². The minimum Gasteiger partial charge on any atom is -0.464 e. The van der Waals surface area contributed by atoms with E-state index in [0.717, 1.165) is 10.9 Å². The molecule has 0 aliphatic carbocycles. The summed E-state index contributed by atoms with van der Waals surface area (Å²) < 4.78 is 11.4. The van der Waals surface area contributed by atoms with E-state index in [9.17, 15) is 0 Å². The van der Waals surface area contributed by atoms with Crippen molar-refractivity contribution < 1.29 is 9.15 Å². The lowest BCUT2D eigenvalue weighted by molar-refractivity contribution is 0.437. The third-order valence-electron chi connectivity index (χ3n) is 4.36. The first-order valence-electron chi connectivity index (χ1n) is 8.79. The molecule has 1 N–H and O–H groups in total. The second kappa shape index (κ2) is 8.08. The number of nitrogens with one attached hydrogen (secondary N) is 1. The lowest BCUT2D eigenvalue weighted by Gasteiger charge is -2.11. The number of nitrogens with zero attached hydrogens (tertiary/aromatic N) is 5. The smallest absolute Gasteiger partial charge is 0.326 e. The Balaban J connectivity index is 1.61. The van der Waals surface area contributed by atoms with E-state index >= 15 is 0 Å². The lowest BCUT2D eigenvalue weighted by atomic mass is 10.1. The summed E-state index contributed by atoms with van der Waals surface area (Å²) in [5, 5.41) is 22.0. The maximum Gasteiger partial charge on any atom is 0.326 e. The average Bonchev–Trinajstić information content (AvgIpc) is 3.15. The lowest BCUT2D eigenvalue weighted by Crippen LogP contribution is -2.01. The summed E-state index contributed by atoms with van der Waals surface area (Å²) in [4.78, 5) is 12.4. The predicted molar refractivity (Wildman–Crippen MR) is 110 cm³/mol. The summed E-state index contributed by atoms with van der Waals surface area (Å²) in [6, 6.07) is 12.8. The molecule has 2 aromatic carbocycles. The predicted octanol–water partition coefficient (Wildman–Crippen LogP) is 5.05. The zero-order chi connectivity index (χ0) is 21.1. The monoisotopic (exact) mass is 416 g/mol. The van der Waals surface area contributed by atoms with E-state index in [1.165, 1.54) is 6.33 Å². The number of fused-ring (bicyclic) bond motifs is 1. The van der Waals surface area contributed by atoms with Crippen molar-refractivity contribution in [3.63, 3.8) is 0 Å². The minimum absolute atomic E-state index is 0.0503. The molecule has 0 unspecified atom stereocenters. The van der Waals surface area contributed by atoms with Crippen LogP contribution < -0.4 is 10.1 Å². The number of ether oxygens (including phenoxy) is 1. The summed E-state index contributed by atoms with van der Waals surface area (Å²) in [7, 11) is 0. The average molecular weight is 417 g/mol. The van der Waals surface area contributed by atoms with Gasteiger partial charge in [0.2, 0.25) is 5.95 Å². The van der Waals surface area contributed by atoms with Crippen molar-refractivity contribution in [1.29, 1.82) is 10.5 Å². The molecule has 0 atom stereocenters. The van der Waals surface area contributed by atoms with Crippen LogP contribution in [0, 0.1) is 29.6 Å². The molecule has 0 bridgehead atoms. The standard InChI is InChI=1S/C21H13ClN6O2/c1-12-18-16(14(6-7-23)10-29-18)8-17(22)19(12)30-21-26-11-25-20(28-21)27-15-4-2-13(9-24)3-5-15/h2-5,8,10-11H,6H2,1H3,(H,25,26,27,28). The molecule has 0 amide bonds. The molecule has 8 nitrogen and oxygen atoms in total. The zero-order valence-electron chi connectivity index (χ0n) is 15.7. The number of aryl methyl sites for hydroxylation is 1. The SMILES string of the molecule is Cc1c(Oc2ncnc(Nc3ccc(C#N)cc3)n2)c(Cl)cc2c(CC#N)coc12. The molecule has 0 saturated carbocycles.